The molecule has 0 bridgehead atoms. The fourth-order valence-electron chi connectivity index (χ4n) is 2.83. The Morgan fingerprint density at radius 2 is 1.88 bits per heavy atom. The highest BCUT2D eigenvalue weighted by atomic mass is 19.1. The van der Waals surface area contributed by atoms with Crippen LogP contribution in [0.15, 0.2) is 63.8 Å². The van der Waals surface area contributed by atoms with Crippen LogP contribution >= 0.6 is 0 Å². The highest BCUT2D eigenvalue weighted by Gasteiger charge is 2.20. The maximum absolute atomic E-state index is 13.4. The van der Waals surface area contributed by atoms with E-state index in [0.29, 0.717) is 0 Å². The Morgan fingerprint density at radius 1 is 1.15 bits per heavy atom. The van der Waals surface area contributed by atoms with Crippen LogP contribution in [0.2, 0.25) is 0 Å². The number of esters is 1. The molecule has 0 saturated heterocycles. The van der Waals surface area contributed by atoms with Gasteiger partial charge in [-0.2, -0.15) is 0 Å². The molecular formula is C23H17FN2O7. The number of nitro benzene ring substituents is 1. The topological polar surface area (TPSA) is 129 Å². The number of halogens is 1. The van der Waals surface area contributed by atoms with Crippen LogP contribution in [-0.4, -0.2) is 23.4 Å². The van der Waals surface area contributed by atoms with Crippen molar-refractivity contribution in [1.29, 1.82) is 0 Å². The molecule has 0 radical (unpaired) electrons. The van der Waals surface area contributed by atoms with Gasteiger partial charge in [0.25, 0.3) is 11.6 Å². The maximum atomic E-state index is 13.4. The summed E-state index contributed by atoms with van der Waals surface area (Å²) in [5, 5.41) is 13.6. The minimum absolute atomic E-state index is 0.0142. The molecule has 1 amide bonds. The van der Waals surface area contributed by atoms with Crippen molar-refractivity contribution in [1.82, 2.24) is 0 Å². The van der Waals surface area contributed by atoms with Crippen molar-refractivity contribution in [3.63, 3.8) is 0 Å². The molecule has 33 heavy (non-hydrogen) atoms. The molecule has 0 unspecified atom stereocenters. The van der Waals surface area contributed by atoms with Gasteiger partial charge in [0.1, 0.15) is 22.8 Å². The third-order valence-electron chi connectivity index (χ3n) is 4.36. The van der Waals surface area contributed by atoms with Gasteiger partial charge in [0.05, 0.1) is 23.2 Å². The Morgan fingerprint density at radius 3 is 2.55 bits per heavy atom. The summed E-state index contributed by atoms with van der Waals surface area (Å²) in [5.74, 6) is -2.49. The van der Waals surface area contributed by atoms with E-state index < -0.39 is 33.9 Å². The van der Waals surface area contributed by atoms with Crippen molar-refractivity contribution in [3.8, 4) is 0 Å². The van der Waals surface area contributed by atoms with E-state index in [4.69, 9.17) is 9.15 Å². The van der Waals surface area contributed by atoms with Crippen LogP contribution in [0.25, 0.3) is 12.2 Å². The van der Waals surface area contributed by atoms with Gasteiger partial charge in [-0.25, -0.2) is 14.0 Å². The van der Waals surface area contributed by atoms with E-state index in [1.54, 1.807) is 25.1 Å². The molecule has 2 aromatic carbocycles. The lowest BCUT2D eigenvalue weighted by molar-refractivity contribution is -0.385. The minimum Gasteiger partial charge on any atom is -0.462 e. The number of ether oxygens (including phenoxy) is 1. The van der Waals surface area contributed by atoms with Crippen LogP contribution in [0.3, 0.4) is 0 Å². The first-order valence-electron chi connectivity index (χ1n) is 9.64. The van der Waals surface area contributed by atoms with Crippen LogP contribution in [0.1, 0.15) is 39.0 Å². The Kier molecular flexibility index (Phi) is 7.09. The summed E-state index contributed by atoms with van der Waals surface area (Å²) >= 11 is 0. The molecule has 0 aliphatic carbocycles. The van der Waals surface area contributed by atoms with Crippen molar-refractivity contribution >= 4 is 35.4 Å². The number of amides is 1. The van der Waals surface area contributed by atoms with Gasteiger partial charge in [-0.1, -0.05) is 18.2 Å². The van der Waals surface area contributed by atoms with E-state index in [9.17, 15) is 28.9 Å². The lowest BCUT2D eigenvalue weighted by Crippen LogP contribution is -2.20. The molecule has 3 aromatic rings. The smallest absolute Gasteiger partial charge is 0.360 e. The second kappa shape index (κ2) is 10.1. The van der Waals surface area contributed by atoms with Gasteiger partial charge in [0.2, 0.25) is 0 Å². The Balaban J connectivity index is 2.02. The second-order valence-electron chi connectivity index (χ2n) is 6.56. The molecule has 10 heteroatoms. The fraction of sp³-hybridized carbons (Fsp3) is 0.0870. The lowest BCUT2D eigenvalue weighted by Gasteiger charge is -2.09. The molecule has 3 rings (SSSR count). The number of anilines is 1. The average Bonchev–Trinajstić information content (AvgIpc) is 2.80. The number of nitrogens with one attached hydrogen (secondary N) is 1. The van der Waals surface area contributed by atoms with E-state index in [1.165, 1.54) is 24.3 Å². The molecule has 9 nitrogen and oxygen atoms in total. The predicted molar refractivity (Wildman–Crippen MR) is 117 cm³/mol. The zero-order chi connectivity index (χ0) is 24.0. The van der Waals surface area contributed by atoms with Gasteiger partial charge < -0.3 is 14.5 Å². The summed E-state index contributed by atoms with van der Waals surface area (Å²) in [6.45, 7) is 1.60. The molecule has 1 N–H and O–H groups in total. The number of nitro groups is 1. The lowest BCUT2D eigenvalue weighted by atomic mass is 10.1. The number of hydrogen-bond acceptors (Lipinski definition) is 7. The summed E-state index contributed by atoms with van der Waals surface area (Å²) in [6, 6.07) is 12.1. The second-order valence-corrected chi connectivity index (χ2v) is 6.56. The van der Waals surface area contributed by atoms with Gasteiger partial charge in [-0.05, 0) is 49.4 Å². The maximum Gasteiger partial charge on any atom is 0.360 e. The molecule has 0 atom stereocenters. The minimum atomic E-state index is -0.958. The summed E-state index contributed by atoms with van der Waals surface area (Å²) in [4.78, 5) is 47.7. The average molecular weight is 452 g/mol. The predicted octanol–water partition coefficient (Wildman–Crippen LogP) is 4.29. The molecule has 0 aliphatic heterocycles. The number of carbonyl (C=O) groups excluding carboxylic acids is 2. The van der Waals surface area contributed by atoms with Crippen LogP contribution in [0, 0.1) is 15.9 Å². The van der Waals surface area contributed by atoms with Gasteiger partial charge >= 0.3 is 11.6 Å². The summed E-state index contributed by atoms with van der Waals surface area (Å²) in [5.41, 5.74) is -1.67. The first kappa shape index (κ1) is 23.1. The highest BCUT2D eigenvalue weighted by Crippen LogP contribution is 2.23. The van der Waals surface area contributed by atoms with E-state index in [0.717, 1.165) is 24.3 Å². The van der Waals surface area contributed by atoms with Crippen molar-refractivity contribution in [2.75, 3.05) is 11.9 Å². The number of nitrogens with zero attached hydrogens (tertiary/aromatic N) is 1. The molecule has 0 spiro atoms. The summed E-state index contributed by atoms with van der Waals surface area (Å²) in [6.07, 6.45) is 2.34. The molecular weight excluding hydrogens is 435 g/mol. The number of hydrogen-bond donors (Lipinski definition) is 1. The normalized spacial score (nSPS) is 10.7. The van der Waals surface area contributed by atoms with Gasteiger partial charge in [0.15, 0.2) is 0 Å². The van der Waals surface area contributed by atoms with E-state index in [2.05, 4.69) is 5.32 Å². The Hall–Kier alpha value is -4.60. The highest BCUT2D eigenvalue weighted by molar-refractivity contribution is 6.05. The Labute approximate surface area is 186 Å². The molecule has 1 heterocycles. The van der Waals surface area contributed by atoms with Gasteiger partial charge in [-0.15, -0.1) is 0 Å². The van der Waals surface area contributed by atoms with E-state index in [1.807, 2.05) is 0 Å². The number of rotatable bonds is 7. The summed E-state index contributed by atoms with van der Waals surface area (Å²) in [7, 11) is 0. The Bertz CT molecular complexity index is 1300. The number of benzene rings is 2. The molecule has 0 fully saturated rings. The van der Waals surface area contributed by atoms with Crippen molar-refractivity contribution in [2.45, 2.75) is 6.92 Å². The molecule has 0 saturated carbocycles. The monoisotopic (exact) mass is 452 g/mol. The van der Waals surface area contributed by atoms with Gasteiger partial charge in [0, 0.05) is 5.56 Å². The van der Waals surface area contributed by atoms with Gasteiger partial charge in [-0.3, -0.25) is 14.9 Å². The SMILES string of the molecule is CCOC(=O)c1cc(NC(=O)c2ccccc2)c(=O)oc1/C=C/c1ccc(F)cc1[N+](=O)[O-]. The number of carbonyl (C=O) groups is 2. The fourth-order valence-corrected chi connectivity index (χ4v) is 2.83. The molecule has 0 aliphatic rings. The van der Waals surface area contributed by atoms with Crippen LogP contribution in [-0.2, 0) is 4.74 Å². The van der Waals surface area contributed by atoms with Crippen LogP contribution in [0.4, 0.5) is 15.8 Å². The molecule has 168 valence electrons. The quantitative estimate of drug-likeness (QED) is 0.322. The summed E-state index contributed by atoms with van der Waals surface area (Å²) < 4.78 is 23.5. The van der Waals surface area contributed by atoms with Crippen molar-refractivity contribution in [2.24, 2.45) is 0 Å². The van der Waals surface area contributed by atoms with Crippen molar-refractivity contribution in [3.05, 3.63) is 103 Å². The first-order chi connectivity index (χ1) is 15.8. The third-order valence-corrected chi connectivity index (χ3v) is 4.36. The largest absolute Gasteiger partial charge is 0.462 e. The van der Waals surface area contributed by atoms with Crippen LogP contribution in [0.5, 0.6) is 0 Å². The standard InChI is InChI=1S/C23H17FN2O7/c1-2-32-22(28)17-13-18(25-21(27)15-6-4-3-5-7-15)23(29)33-20(17)11-9-14-8-10-16(24)12-19(14)26(30)31/h3-13H,2H2,1H3,(H,25,27)/b11-9+. The van der Waals surface area contributed by atoms with E-state index >= 15 is 0 Å². The zero-order valence-electron chi connectivity index (χ0n) is 17.2. The van der Waals surface area contributed by atoms with E-state index in [-0.39, 0.29) is 34.7 Å². The van der Waals surface area contributed by atoms with Crippen molar-refractivity contribution < 1.29 is 28.1 Å². The zero-order valence-corrected chi connectivity index (χ0v) is 17.2. The van der Waals surface area contributed by atoms with Crippen LogP contribution < -0.4 is 10.9 Å². The first-order valence-corrected chi connectivity index (χ1v) is 9.64. The third kappa shape index (κ3) is 5.56. The molecule has 1 aromatic heterocycles.